The van der Waals surface area contributed by atoms with Crippen LogP contribution in [0.25, 0.3) is 0 Å². The average molecular weight is 373 g/mol. The maximum atomic E-state index is 12.5. The molecular formula is C22H29ClN2O. The van der Waals surface area contributed by atoms with Crippen molar-refractivity contribution in [3.63, 3.8) is 0 Å². The van der Waals surface area contributed by atoms with E-state index >= 15 is 0 Å². The highest BCUT2D eigenvalue weighted by molar-refractivity contribution is 5.94. The van der Waals surface area contributed by atoms with Crippen molar-refractivity contribution in [2.45, 2.75) is 51.1 Å². The fraction of sp³-hybridized carbons (Fsp3) is 0.409. The van der Waals surface area contributed by atoms with Gasteiger partial charge in [0.2, 0.25) is 0 Å². The van der Waals surface area contributed by atoms with Gasteiger partial charge < -0.3 is 10.6 Å². The molecule has 1 aliphatic rings. The summed E-state index contributed by atoms with van der Waals surface area (Å²) in [6.45, 7) is 1.78. The monoisotopic (exact) mass is 372 g/mol. The highest BCUT2D eigenvalue weighted by Gasteiger charge is 2.16. The second kappa shape index (κ2) is 11.0. The second-order valence-electron chi connectivity index (χ2n) is 6.92. The van der Waals surface area contributed by atoms with Crippen LogP contribution in [0.5, 0.6) is 0 Å². The summed E-state index contributed by atoms with van der Waals surface area (Å²) in [6, 6.07) is 18.8. The molecule has 0 aliphatic heterocycles. The number of carbonyl (C=O) groups excluding carboxylic acids is 1. The van der Waals surface area contributed by atoms with E-state index < -0.39 is 0 Å². The summed E-state index contributed by atoms with van der Waals surface area (Å²) in [5.41, 5.74) is 3.28. The molecule has 0 spiro atoms. The fourth-order valence-corrected chi connectivity index (χ4v) is 3.45. The molecule has 1 aliphatic carbocycles. The summed E-state index contributed by atoms with van der Waals surface area (Å²) in [6.07, 6.45) is 6.94. The zero-order valence-corrected chi connectivity index (χ0v) is 16.1. The van der Waals surface area contributed by atoms with Crippen LogP contribution in [0.4, 0.5) is 0 Å². The Kier molecular flexibility index (Phi) is 8.66. The van der Waals surface area contributed by atoms with Gasteiger partial charge in [-0.3, -0.25) is 4.79 Å². The highest BCUT2D eigenvalue weighted by Crippen LogP contribution is 2.18. The molecule has 2 N–H and O–H groups in total. The molecule has 4 heteroatoms. The number of benzene rings is 2. The normalized spacial score (nSPS) is 14.5. The van der Waals surface area contributed by atoms with Crippen LogP contribution < -0.4 is 10.6 Å². The zero-order chi connectivity index (χ0) is 17.3. The van der Waals surface area contributed by atoms with Crippen molar-refractivity contribution in [3.05, 3.63) is 71.3 Å². The van der Waals surface area contributed by atoms with E-state index in [0.717, 1.165) is 37.9 Å². The van der Waals surface area contributed by atoms with E-state index in [1.807, 2.05) is 24.3 Å². The van der Waals surface area contributed by atoms with Gasteiger partial charge >= 0.3 is 0 Å². The van der Waals surface area contributed by atoms with Gasteiger partial charge in [-0.25, -0.2) is 0 Å². The minimum absolute atomic E-state index is 0. The predicted octanol–water partition coefficient (Wildman–Crippen LogP) is 4.50. The Morgan fingerprint density at radius 1 is 0.923 bits per heavy atom. The second-order valence-corrected chi connectivity index (χ2v) is 6.92. The van der Waals surface area contributed by atoms with E-state index in [4.69, 9.17) is 0 Å². The Bertz CT molecular complexity index is 669. The molecule has 3 nitrogen and oxygen atoms in total. The van der Waals surface area contributed by atoms with E-state index in [1.165, 1.54) is 30.4 Å². The predicted molar refractivity (Wildman–Crippen MR) is 110 cm³/mol. The van der Waals surface area contributed by atoms with Crippen molar-refractivity contribution >= 4 is 18.3 Å². The molecule has 0 saturated heterocycles. The van der Waals surface area contributed by atoms with Crippen LogP contribution in [-0.4, -0.2) is 18.5 Å². The number of rotatable bonds is 7. The van der Waals surface area contributed by atoms with Crippen LogP contribution in [0.1, 0.15) is 53.6 Å². The summed E-state index contributed by atoms with van der Waals surface area (Å²) in [5.74, 6) is 0.0750. The third-order valence-corrected chi connectivity index (χ3v) is 4.89. The van der Waals surface area contributed by atoms with Crippen molar-refractivity contribution in [1.29, 1.82) is 0 Å². The van der Waals surface area contributed by atoms with Crippen LogP contribution in [0.3, 0.4) is 0 Å². The molecule has 0 radical (unpaired) electrons. The summed E-state index contributed by atoms with van der Waals surface area (Å²) in [4.78, 5) is 12.5. The standard InChI is InChI=1S/C22H28N2O.ClH/c25-22(24-21-12-5-2-6-13-21)20-11-7-10-18(16-20)14-15-23-17-19-8-3-1-4-9-19;/h1,3-4,7-11,16,21,23H,2,5-6,12-15,17H2,(H,24,25);1H. The third-order valence-electron chi connectivity index (χ3n) is 4.89. The Hall–Kier alpha value is -1.84. The molecule has 1 amide bonds. The van der Waals surface area contributed by atoms with Crippen LogP contribution in [-0.2, 0) is 13.0 Å². The molecule has 1 saturated carbocycles. The number of hydrogen-bond donors (Lipinski definition) is 2. The lowest BCUT2D eigenvalue weighted by Gasteiger charge is -2.22. The first-order valence-corrected chi connectivity index (χ1v) is 9.46. The van der Waals surface area contributed by atoms with E-state index in [1.54, 1.807) is 0 Å². The summed E-state index contributed by atoms with van der Waals surface area (Å²) >= 11 is 0. The smallest absolute Gasteiger partial charge is 0.251 e. The molecule has 140 valence electrons. The summed E-state index contributed by atoms with van der Waals surface area (Å²) in [7, 11) is 0. The van der Waals surface area contributed by atoms with Gasteiger partial charge in [0.05, 0.1) is 0 Å². The number of carbonyl (C=O) groups is 1. The fourth-order valence-electron chi connectivity index (χ4n) is 3.45. The van der Waals surface area contributed by atoms with E-state index in [0.29, 0.717) is 6.04 Å². The average Bonchev–Trinajstić information content (AvgIpc) is 2.67. The molecule has 0 bridgehead atoms. The lowest BCUT2D eigenvalue weighted by Crippen LogP contribution is -2.36. The van der Waals surface area contributed by atoms with Crippen molar-refractivity contribution in [2.24, 2.45) is 0 Å². The lowest BCUT2D eigenvalue weighted by molar-refractivity contribution is 0.0927. The van der Waals surface area contributed by atoms with Crippen molar-refractivity contribution in [2.75, 3.05) is 6.54 Å². The van der Waals surface area contributed by atoms with Gasteiger partial charge in [0.1, 0.15) is 0 Å². The van der Waals surface area contributed by atoms with Crippen molar-refractivity contribution < 1.29 is 4.79 Å². The van der Waals surface area contributed by atoms with Gasteiger partial charge in [-0.15, -0.1) is 12.4 Å². The largest absolute Gasteiger partial charge is 0.349 e. The van der Waals surface area contributed by atoms with Crippen LogP contribution in [0, 0.1) is 0 Å². The van der Waals surface area contributed by atoms with Gasteiger partial charge in [0.25, 0.3) is 5.91 Å². The molecule has 2 aromatic rings. The minimum atomic E-state index is 0. The number of halogens is 1. The van der Waals surface area contributed by atoms with Gasteiger partial charge in [-0.1, -0.05) is 61.7 Å². The highest BCUT2D eigenvalue weighted by atomic mass is 35.5. The number of nitrogens with one attached hydrogen (secondary N) is 2. The van der Waals surface area contributed by atoms with Gasteiger partial charge in [0, 0.05) is 18.2 Å². The third kappa shape index (κ3) is 6.47. The molecule has 0 atom stereocenters. The van der Waals surface area contributed by atoms with Gasteiger partial charge in [-0.05, 0) is 49.1 Å². The van der Waals surface area contributed by atoms with Crippen LogP contribution >= 0.6 is 12.4 Å². The molecule has 2 aromatic carbocycles. The van der Waals surface area contributed by atoms with Crippen molar-refractivity contribution in [1.82, 2.24) is 10.6 Å². The first-order chi connectivity index (χ1) is 12.3. The summed E-state index contributed by atoms with van der Waals surface area (Å²) < 4.78 is 0. The quantitative estimate of drug-likeness (QED) is 0.702. The maximum Gasteiger partial charge on any atom is 0.251 e. The molecule has 0 unspecified atom stereocenters. The van der Waals surface area contributed by atoms with Gasteiger partial charge in [0.15, 0.2) is 0 Å². The number of amides is 1. The van der Waals surface area contributed by atoms with E-state index in [2.05, 4.69) is 41.0 Å². The molecular weight excluding hydrogens is 344 g/mol. The Morgan fingerprint density at radius 3 is 2.42 bits per heavy atom. The first-order valence-electron chi connectivity index (χ1n) is 9.46. The van der Waals surface area contributed by atoms with E-state index in [-0.39, 0.29) is 18.3 Å². The SMILES string of the molecule is Cl.O=C(NC1CCCCC1)c1cccc(CCNCc2ccccc2)c1. The van der Waals surface area contributed by atoms with E-state index in [9.17, 15) is 4.79 Å². The van der Waals surface area contributed by atoms with Crippen LogP contribution in [0.15, 0.2) is 54.6 Å². The molecule has 1 fully saturated rings. The van der Waals surface area contributed by atoms with Gasteiger partial charge in [-0.2, -0.15) is 0 Å². The molecule has 0 heterocycles. The Balaban J connectivity index is 0.00000243. The minimum Gasteiger partial charge on any atom is -0.349 e. The maximum absolute atomic E-state index is 12.5. The molecule has 0 aromatic heterocycles. The topological polar surface area (TPSA) is 41.1 Å². The number of hydrogen-bond acceptors (Lipinski definition) is 2. The molecule has 26 heavy (non-hydrogen) atoms. The summed E-state index contributed by atoms with van der Waals surface area (Å²) in [5, 5.41) is 6.66. The van der Waals surface area contributed by atoms with Crippen molar-refractivity contribution in [3.8, 4) is 0 Å². The Morgan fingerprint density at radius 2 is 1.65 bits per heavy atom. The molecule has 3 rings (SSSR count). The first kappa shape index (κ1) is 20.5. The Labute approximate surface area is 163 Å². The van der Waals surface area contributed by atoms with Crippen LogP contribution in [0.2, 0.25) is 0 Å². The zero-order valence-electron chi connectivity index (χ0n) is 15.2. The lowest BCUT2D eigenvalue weighted by atomic mass is 9.95.